The van der Waals surface area contributed by atoms with E-state index < -0.39 is 0 Å². The summed E-state index contributed by atoms with van der Waals surface area (Å²) in [4.78, 5) is 0. The lowest BCUT2D eigenvalue weighted by molar-refractivity contribution is -0.0704. The van der Waals surface area contributed by atoms with Crippen LogP contribution < -0.4 is 11.5 Å². The monoisotopic (exact) mass is 394 g/mol. The predicted octanol–water partition coefficient (Wildman–Crippen LogP) is 0.946. The largest absolute Gasteiger partial charge is 0.377 e. The van der Waals surface area contributed by atoms with Gasteiger partial charge >= 0.3 is 0 Å². The average Bonchev–Trinajstić information content (AvgIpc) is 2.60. The third-order valence-electron chi connectivity index (χ3n) is 3.35. The maximum Gasteiger partial charge on any atom is 0.0781 e. The van der Waals surface area contributed by atoms with Crippen LogP contribution in [0.3, 0.4) is 0 Å². The first-order valence-corrected chi connectivity index (χ1v) is 9.90. The van der Waals surface area contributed by atoms with Crippen LogP contribution in [0.2, 0.25) is 0 Å². The molecule has 8 heteroatoms. The van der Waals surface area contributed by atoms with Gasteiger partial charge < -0.3 is 39.9 Å². The summed E-state index contributed by atoms with van der Waals surface area (Å²) < 4.78 is 33.3. The minimum atomic E-state index is 0.00340. The second kappa shape index (κ2) is 17.8. The van der Waals surface area contributed by atoms with Crippen molar-refractivity contribution in [2.24, 2.45) is 11.5 Å². The Labute approximate surface area is 165 Å². The van der Waals surface area contributed by atoms with E-state index >= 15 is 0 Å². The third-order valence-corrected chi connectivity index (χ3v) is 3.35. The van der Waals surface area contributed by atoms with E-state index in [1.54, 1.807) is 0 Å². The topological polar surface area (TPSA) is 107 Å². The van der Waals surface area contributed by atoms with E-state index in [1.807, 2.05) is 34.6 Å². The van der Waals surface area contributed by atoms with Crippen LogP contribution in [0.25, 0.3) is 0 Å². The molecule has 4 N–H and O–H groups in total. The maximum absolute atomic E-state index is 5.68. The fourth-order valence-corrected chi connectivity index (χ4v) is 1.96. The Balaban J connectivity index is 3.39. The Morgan fingerprint density at radius 2 is 0.963 bits per heavy atom. The van der Waals surface area contributed by atoms with Gasteiger partial charge in [0.1, 0.15) is 0 Å². The van der Waals surface area contributed by atoms with Crippen LogP contribution in [0.4, 0.5) is 0 Å². The molecule has 164 valence electrons. The van der Waals surface area contributed by atoms with Gasteiger partial charge in [-0.15, -0.1) is 0 Å². The molecule has 8 nitrogen and oxygen atoms in total. The van der Waals surface area contributed by atoms with Crippen molar-refractivity contribution in [2.45, 2.75) is 65.0 Å². The van der Waals surface area contributed by atoms with Crippen molar-refractivity contribution in [3.63, 3.8) is 0 Å². The minimum absolute atomic E-state index is 0.00340. The lowest BCUT2D eigenvalue weighted by Gasteiger charge is -2.18. The van der Waals surface area contributed by atoms with Gasteiger partial charge in [0.15, 0.2) is 0 Å². The van der Waals surface area contributed by atoms with Crippen LogP contribution in [0.1, 0.15) is 34.6 Å². The third kappa shape index (κ3) is 20.2. The van der Waals surface area contributed by atoms with Gasteiger partial charge in [-0.25, -0.2) is 0 Å². The summed E-state index contributed by atoms with van der Waals surface area (Å²) in [5.74, 6) is 0. The van der Waals surface area contributed by atoms with Crippen molar-refractivity contribution >= 4 is 0 Å². The molecule has 0 heterocycles. The summed E-state index contributed by atoms with van der Waals surface area (Å²) in [6.45, 7) is 14.5. The first-order valence-electron chi connectivity index (χ1n) is 9.90. The fraction of sp³-hybridized carbons (Fsp3) is 1.00. The lowest BCUT2D eigenvalue weighted by atomic mass is 10.4. The van der Waals surface area contributed by atoms with Crippen molar-refractivity contribution in [1.29, 1.82) is 0 Å². The normalized spacial score (nSPS) is 17.4. The smallest absolute Gasteiger partial charge is 0.0781 e. The first-order chi connectivity index (χ1) is 12.8. The molecule has 0 aliphatic heterocycles. The molecule has 0 aromatic rings. The molecule has 0 aromatic carbocycles. The Kier molecular flexibility index (Phi) is 17.5. The molecule has 0 rings (SSSR count). The molecule has 0 amide bonds. The Hall–Kier alpha value is -0.320. The van der Waals surface area contributed by atoms with Crippen molar-refractivity contribution in [3.05, 3.63) is 0 Å². The molecular formula is C19H42N2O6. The molecule has 0 aliphatic carbocycles. The standard InChI is InChI=1S/C19H42N2O6/c1-15(20)10-24-13-18(4)27-14-19(5)25-9-8-22-6-7-23-12-17(3)26-11-16(2)21/h15-19H,6-14,20-21H2,1-5H3. The molecule has 0 spiro atoms. The molecular weight excluding hydrogens is 352 g/mol. The maximum atomic E-state index is 5.68. The highest BCUT2D eigenvalue weighted by atomic mass is 16.6. The van der Waals surface area contributed by atoms with Crippen LogP contribution >= 0.6 is 0 Å². The SMILES string of the molecule is CC(N)COCC(C)OCC(C)OCCOCCOCC(C)OCC(C)N. The molecule has 0 aromatic heterocycles. The van der Waals surface area contributed by atoms with Crippen LogP contribution in [-0.4, -0.2) is 89.9 Å². The van der Waals surface area contributed by atoms with Gasteiger partial charge in [-0.3, -0.25) is 0 Å². The van der Waals surface area contributed by atoms with Crippen LogP contribution in [-0.2, 0) is 28.4 Å². The molecule has 0 radical (unpaired) electrons. The molecule has 5 unspecified atom stereocenters. The van der Waals surface area contributed by atoms with Crippen LogP contribution in [0.15, 0.2) is 0 Å². The van der Waals surface area contributed by atoms with Crippen molar-refractivity contribution < 1.29 is 28.4 Å². The van der Waals surface area contributed by atoms with E-state index in [0.717, 1.165) is 0 Å². The van der Waals surface area contributed by atoms with E-state index in [2.05, 4.69) is 0 Å². The Morgan fingerprint density at radius 1 is 0.481 bits per heavy atom. The van der Waals surface area contributed by atoms with Crippen LogP contribution in [0, 0.1) is 0 Å². The van der Waals surface area contributed by atoms with E-state index in [1.165, 1.54) is 0 Å². The van der Waals surface area contributed by atoms with Crippen molar-refractivity contribution in [3.8, 4) is 0 Å². The summed E-state index contributed by atoms with van der Waals surface area (Å²) in [5, 5.41) is 0. The zero-order valence-corrected chi connectivity index (χ0v) is 17.9. The van der Waals surface area contributed by atoms with Gasteiger partial charge in [0, 0.05) is 12.1 Å². The van der Waals surface area contributed by atoms with Crippen molar-refractivity contribution in [1.82, 2.24) is 0 Å². The summed E-state index contributed by atoms with van der Waals surface area (Å²) in [7, 11) is 0. The molecule has 0 bridgehead atoms. The predicted molar refractivity (Wildman–Crippen MR) is 106 cm³/mol. The van der Waals surface area contributed by atoms with E-state index in [0.29, 0.717) is 59.5 Å². The molecule has 5 atom stereocenters. The van der Waals surface area contributed by atoms with Gasteiger partial charge in [0.25, 0.3) is 0 Å². The summed E-state index contributed by atoms with van der Waals surface area (Å²) in [5.41, 5.74) is 11.3. The molecule has 0 aliphatic rings. The van der Waals surface area contributed by atoms with Gasteiger partial charge in [-0.2, -0.15) is 0 Å². The zero-order valence-electron chi connectivity index (χ0n) is 17.9. The Bertz CT molecular complexity index is 321. The van der Waals surface area contributed by atoms with E-state index in [-0.39, 0.29) is 30.4 Å². The number of ether oxygens (including phenoxy) is 6. The molecule has 0 saturated heterocycles. The first kappa shape index (κ1) is 26.7. The highest BCUT2D eigenvalue weighted by Crippen LogP contribution is 1.98. The summed E-state index contributed by atoms with van der Waals surface area (Å²) in [6, 6.07) is 0.0849. The van der Waals surface area contributed by atoms with Crippen LogP contribution in [0.5, 0.6) is 0 Å². The average molecular weight is 395 g/mol. The fourth-order valence-electron chi connectivity index (χ4n) is 1.96. The number of hydrogen-bond donors (Lipinski definition) is 2. The number of hydrogen-bond acceptors (Lipinski definition) is 8. The molecule has 0 saturated carbocycles. The van der Waals surface area contributed by atoms with Gasteiger partial charge in [0.05, 0.1) is 77.8 Å². The highest BCUT2D eigenvalue weighted by Gasteiger charge is 2.08. The van der Waals surface area contributed by atoms with E-state index in [9.17, 15) is 0 Å². The van der Waals surface area contributed by atoms with E-state index in [4.69, 9.17) is 39.9 Å². The number of nitrogens with two attached hydrogens (primary N) is 2. The second-order valence-electron chi connectivity index (χ2n) is 7.15. The summed E-state index contributed by atoms with van der Waals surface area (Å²) >= 11 is 0. The Morgan fingerprint density at radius 3 is 1.59 bits per heavy atom. The zero-order chi connectivity index (χ0) is 20.5. The van der Waals surface area contributed by atoms with Gasteiger partial charge in [0.2, 0.25) is 0 Å². The highest BCUT2D eigenvalue weighted by molar-refractivity contribution is 4.55. The molecule has 0 fully saturated rings. The van der Waals surface area contributed by atoms with Gasteiger partial charge in [-0.05, 0) is 34.6 Å². The summed E-state index contributed by atoms with van der Waals surface area (Å²) in [6.07, 6.45) is 0.0537. The number of rotatable bonds is 19. The van der Waals surface area contributed by atoms with Crippen molar-refractivity contribution in [2.75, 3.05) is 59.5 Å². The lowest BCUT2D eigenvalue weighted by Crippen LogP contribution is -2.28. The van der Waals surface area contributed by atoms with Gasteiger partial charge in [-0.1, -0.05) is 0 Å². The molecule has 27 heavy (non-hydrogen) atoms. The second-order valence-corrected chi connectivity index (χ2v) is 7.15. The quantitative estimate of drug-likeness (QED) is 0.312. The minimum Gasteiger partial charge on any atom is -0.377 e.